The van der Waals surface area contributed by atoms with Gasteiger partial charge in [0.15, 0.2) is 5.13 Å². The molecule has 1 aliphatic heterocycles. The number of hydrogen-bond acceptors (Lipinski definition) is 7. The fraction of sp³-hybridized carbons (Fsp3) is 0.333. The molecule has 178 valence electrons. The van der Waals surface area contributed by atoms with Gasteiger partial charge in [-0.05, 0) is 49.1 Å². The first-order chi connectivity index (χ1) is 16.2. The van der Waals surface area contributed by atoms with Crippen LogP contribution in [0.15, 0.2) is 42.5 Å². The number of rotatable bonds is 9. The summed E-state index contributed by atoms with van der Waals surface area (Å²) in [4.78, 5) is 44.5. The Hall–Kier alpha value is -3.11. The summed E-state index contributed by atoms with van der Waals surface area (Å²) in [5, 5.41) is 3.03. The molecule has 0 fully saturated rings. The Morgan fingerprint density at radius 2 is 1.79 bits per heavy atom. The molecule has 1 aromatic heterocycles. The van der Waals surface area contributed by atoms with E-state index in [9.17, 15) is 22.8 Å². The Morgan fingerprint density at radius 1 is 1.12 bits per heavy atom. The van der Waals surface area contributed by atoms with E-state index in [1.165, 1.54) is 29.0 Å². The lowest BCUT2D eigenvalue weighted by Crippen LogP contribution is -2.48. The molecule has 2 aromatic carbocycles. The van der Waals surface area contributed by atoms with Crippen LogP contribution < -0.4 is 5.32 Å². The van der Waals surface area contributed by atoms with Crippen LogP contribution in [0.4, 0.5) is 5.13 Å². The Kier molecular flexibility index (Phi) is 6.81. The standard InChI is InChI=1S/C24H25N3O5S2/c1-3-4-7-15-10-11-18-20(14-15)33-24(25-18)26-21(28)19(12-13-34(2,31)32)27-22(29)16-8-5-6-9-17(16)23(27)30/h5-6,8-11,14,19H,3-4,7,12-13H2,1-2H3,(H,25,26,28). The van der Waals surface area contributed by atoms with Gasteiger partial charge < -0.3 is 5.32 Å². The highest BCUT2D eigenvalue weighted by Gasteiger charge is 2.43. The number of hydrogen-bond donors (Lipinski definition) is 1. The molecule has 3 amide bonds. The first-order valence-electron chi connectivity index (χ1n) is 11.0. The molecule has 1 unspecified atom stereocenters. The Morgan fingerprint density at radius 3 is 2.41 bits per heavy atom. The highest BCUT2D eigenvalue weighted by atomic mass is 32.2. The number of nitrogens with zero attached hydrogens (tertiary/aromatic N) is 2. The van der Waals surface area contributed by atoms with Crippen molar-refractivity contribution in [3.8, 4) is 0 Å². The monoisotopic (exact) mass is 499 g/mol. The summed E-state index contributed by atoms with van der Waals surface area (Å²) in [5.41, 5.74) is 2.32. The van der Waals surface area contributed by atoms with E-state index in [1.807, 2.05) is 18.2 Å². The van der Waals surface area contributed by atoms with Crippen LogP contribution in [0.25, 0.3) is 10.2 Å². The highest BCUT2D eigenvalue weighted by molar-refractivity contribution is 7.90. The number of sulfone groups is 1. The number of nitrogens with one attached hydrogen (secondary N) is 1. The summed E-state index contributed by atoms with van der Waals surface area (Å²) in [6, 6.07) is 11.0. The minimum absolute atomic E-state index is 0.198. The summed E-state index contributed by atoms with van der Waals surface area (Å²) in [6.07, 6.45) is 3.97. The summed E-state index contributed by atoms with van der Waals surface area (Å²) < 4.78 is 24.5. The lowest BCUT2D eigenvalue weighted by molar-refractivity contribution is -0.120. The summed E-state index contributed by atoms with van der Waals surface area (Å²) in [7, 11) is -3.43. The van der Waals surface area contributed by atoms with E-state index in [1.54, 1.807) is 12.1 Å². The molecule has 10 heteroatoms. The smallest absolute Gasteiger partial charge is 0.262 e. The maximum atomic E-state index is 13.3. The third-order valence-corrected chi connectivity index (χ3v) is 7.61. The molecular weight excluding hydrogens is 474 g/mol. The number of amides is 3. The summed E-state index contributed by atoms with van der Waals surface area (Å²) in [6.45, 7) is 2.13. The van der Waals surface area contributed by atoms with Gasteiger partial charge in [-0.3, -0.25) is 19.3 Å². The minimum atomic E-state index is -3.43. The molecule has 2 heterocycles. The first-order valence-corrected chi connectivity index (χ1v) is 13.9. The maximum absolute atomic E-state index is 13.3. The van der Waals surface area contributed by atoms with Crippen molar-refractivity contribution in [3.63, 3.8) is 0 Å². The van der Waals surface area contributed by atoms with E-state index in [0.717, 1.165) is 40.6 Å². The molecule has 1 N–H and O–H groups in total. The first kappa shape index (κ1) is 24.0. The molecule has 4 rings (SSSR count). The fourth-order valence-corrected chi connectivity index (χ4v) is 5.53. The highest BCUT2D eigenvalue weighted by Crippen LogP contribution is 2.30. The lowest BCUT2D eigenvalue weighted by Gasteiger charge is -2.24. The number of imide groups is 1. The number of unbranched alkanes of at least 4 members (excludes halogenated alkanes) is 1. The maximum Gasteiger partial charge on any atom is 0.262 e. The predicted octanol–water partition coefficient (Wildman–Crippen LogP) is 3.68. The topological polar surface area (TPSA) is 114 Å². The van der Waals surface area contributed by atoms with Gasteiger partial charge >= 0.3 is 0 Å². The zero-order chi connectivity index (χ0) is 24.5. The van der Waals surface area contributed by atoms with Crippen molar-refractivity contribution >= 4 is 54.2 Å². The van der Waals surface area contributed by atoms with Crippen LogP contribution in [0.2, 0.25) is 0 Å². The third-order valence-electron chi connectivity index (χ3n) is 5.70. The number of thiazole rings is 1. The molecule has 0 saturated heterocycles. The molecule has 0 radical (unpaired) electrons. The molecule has 3 aromatic rings. The molecule has 1 aliphatic rings. The van der Waals surface area contributed by atoms with Crippen LogP contribution in [0.1, 0.15) is 52.5 Å². The zero-order valence-corrected chi connectivity index (χ0v) is 20.5. The van der Waals surface area contributed by atoms with E-state index in [2.05, 4.69) is 17.2 Å². The zero-order valence-electron chi connectivity index (χ0n) is 18.9. The van der Waals surface area contributed by atoms with Gasteiger partial charge in [0.2, 0.25) is 5.91 Å². The van der Waals surface area contributed by atoms with E-state index in [-0.39, 0.29) is 23.3 Å². The lowest BCUT2D eigenvalue weighted by atomic mass is 10.1. The van der Waals surface area contributed by atoms with Gasteiger partial charge in [-0.2, -0.15) is 0 Å². The van der Waals surface area contributed by atoms with Crippen molar-refractivity contribution in [3.05, 3.63) is 59.2 Å². The molecule has 0 aliphatic carbocycles. The van der Waals surface area contributed by atoms with Crippen LogP contribution in [-0.4, -0.2) is 54.1 Å². The second-order valence-corrected chi connectivity index (χ2v) is 11.7. The average Bonchev–Trinajstić information content (AvgIpc) is 3.30. The van der Waals surface area contributed by atoms with Gasteiger partial charge in [0.05, 0.1) is 27.1 Å². The second kappa shape index (κ2) is 9.63. The SMILES string of the molecule is CCCCc1ccc2nc(NC(=O)C(CCS(C)(=O)=O)N3C(=O)c4ccccc4C3=O)sc2c1. The van der Waals surface area contributed by atoms with Crippen molar-refractivity contribution in [1.82, 2.24) is 9.88 Å². The molecule has 0 saturated carbocycles. The van der Waals surface area contributed by atoms with E-state index >= 15 is 0 Å². The number of carbonyl (C=O) groups excluding carboxylic acids is 3. The van der Waals surface area contributed by atoms with E-state index in [4.69, 9.17) is 0 Å². The van der Waals surface area contributed by atoms with Crippen molar-refractivity contribution in [2.45, 2.75) is 38.6 Å². The fourth-order valence-electron chi connectivity index (χ4n) is 3.94. The summed E-state index contributed by atoms with van der Waals surface area (Å²) in [5.74, 6) is -2.22. The van der Waals surface area contributed by atoms with Gasteiger partial charge in [0, 0.05) is 6.26 Å². The molecular formula is C24H25N3O5S2. The average molecular weight is 500 g/mol. The number of carbonyl (C=O) groups is 3. The molecule has 34 heavy (non-hydrogen) atoms. The second-order valence-electron chi connectivity index (χ2n) is 8.37. The van der Waals surface area contributed by atoms with Crippen molar-refractivity contribution in [2.75, 3.05) is 17.3 Å². The number of anilines is 1. The molecule has 8 nitrogen and oxygen atoms in total. The predicted molar refractivity (Wildman–Crippen MR) is 132 cm³/mol. The molecule has 0 spiro atoms. The van der Waals surface area contributed by atoms with Gasteiger partial charge in [-0.25, -0.2) is 13.4 Å². The van der Waals surface area contributed by atoms with Crippen LogP contribution in [0, 0.1) is 0 Å². The number of aryl methyl sites for hydroxylation is 1. The van der Waals surface area contributed by atoms with Gasteiger partial charge in [0.25, 0.3) is 11.8 Å². The van der Waals surface area contributed by atoms with Crippen LogP contribution in [0.3, 0.4) is 0 Å². The van der Waals surface area contributed by atoms with E-state index in [0.29, 0.717) is 5.13 Å². The Labute approximate surface area is 201 Å². The Balaban J connectivity index is 1.60. The van der Waals surface area contributed by atoms with Crippen LogP contribution >= 0.6 is 11.3 Å². The number of fused-ring (bicyclic) bond motifs is 2. The van der Waals surface area contributed by atoms with Crippen molar-refractivity contribution < 1.29 is 22.8 Å². The number of aromatic nitrogens is 1. The third kappa shape index (κ3) is 5.02. The largest absolute Gasteiger partial charge is 0.300 e. The van der Waals surface area contributed by atoms with E-state index < -0.39 is 33.6 Å². The molecule has 0 bridgehead atoms. The molecule has 1 atom stereocenters. The number of benzene rings is 2. The van der Waals surface area contributed by atoms with Gasteiger partial charge in [0.1, 0.15) is 15.9 Å². The van der Waals surface area contributed by atoms with Crippen LogP contribution in [-0.2, 0) is 21.1 Å². The normalized spacial score (nSPS) is 14.5. The van der Waals surface area contributed by atoms with Gasteiger partial charge in [-0.1, -0.05) is 42.9 Å². The van der Waals surface area contributed by atoms with Gasteiger partial charge in [-0.15, -0.1) is 0 Å². The van der Waals surface area contributed by atoms with Crippen LogP contribution in [0.5, 0.6) is 0 Å². The van der Waals surface area contributed by atoms with Crippen molar-refractivity contribution in [1.29, 1.82) is 0 Å². The van der Waals surface area contributed by atoms with Crippen molar-refractivity contribution in [2.24, 2.45) is 0 Å². The Bertz CT molecular complexity index is 1350. The summed E-state index contributed by atoms with van der Waals surface area (Å²) >= 11 is 1.30. The quantitative estimate of drug-likeness (QED) is 0.450. The minimum Gasteiger partial charge on any atom is -0.300 e.